The topological polar surface area (TPSA) is 33.5 Å². The van der Waals surface area contributed by atoms with Gasteiger partial charge in [0.05, 0.1) is 23.7 Å². The molecule has 230 valence electrons. The molecule has 4 atom stereocenters. The lowest BCUT2D eigenvalue weighted by molar-refractivity contribution is 0.272. The van der Waals surface area contributed by atoms with Gasteiger partial charge >= 0.3 is 0 Å². The standard InChI is InChI=1S/C40H44N4O/c1-39(2,3)27-16-17-41-36(21-27)44-34-11-9-8-10-32(34)33-15-14-30(23-35(33)44)45-31-20-28(40(4,5)6)19-29(22-31)43-24-42(7)37-25-12-13-26(18-25)38(37)43/h8-17,19-23,25-26,37-38H,18,24H2,1-7H3/i7D3. The lowest BCUT2D eigenvalue weighted by Gasteiger charge is -2.31. The van der Waals surface area contributed by atoms with Crippen LogP contribution in [-0.2, 0) is 10.8 Å². The van der Waals surface area contributed by atoms with Gasteiger partial charge in [-0.15, -0.1) is 0 Å². The Balaban J connectivity index is 1.22. The van der Waals surface area contributed by atoms with E-state index in [1.54, 1.807) is 4.90 Å². The zero-order chi connectivity index (χ0) is 33.7. The summed E-state index contributed by atoms with van der Waals surface area (Å²) in [6, 6.07) is 25.6. The molecule has 8 rings (SSSR count). The molecule has 2 aliphatic carbocycles. The van der Waals surface area contributed by atoms with Gasteiger partial charge in [0, 0.05) is 44.9 Å². The molecule has 45 heavy (non-hydrogen) atoms. The normalized spacial score (nSPS) is 24.3. The number of hydrogen-bond acceptors (Lipinski definition) is 4. The van der Waals surface area contributed by atoms with E-state index in [0.717, 1.165) is 51.4 Å². The van der Waals surface area contributed by atoms with Crippen LogP contribution < -0.4 is 9.64 Å². The summed E-state index contributed by atoms with van der Waals surface area (Å²) in [4.78, 5) is 8.90. The lowest BCUT2D eigenvalue weighted by Crippen LogP contribution is -2.39. The lowest BCUT2D eigenvalue weighted by atomic mass is 9.86. The van der Waals surface area contributed by atoms with E-state index in [2.05, 4.69) is 130 Å². The van der Waals surface area contributed by atoms with Crippen molar-refractivity contribution in [3.05, 3.63) is 102 Å². The molecule has 2 aromatic heterocycles. The Hall–Kier alpha value is -4.09. The molecule has 2 bridgehead atoms. The molecular weight excluding hydrogens is 552 g/mol. The first-order valence-electron chi connectivity index (χ1n) is 17.7. The number of likely N-dealkylation sites (N-methyl/N-ethyl adjacent to an activating group) is 1. The fourth-order valence-electron chi connectivity index (χ4n) is 7.85. The van der Waals surface area contributed by atoms with E-state index < -0.39 is 6.98 Å². The number of anilines is 1. The monoisotopic (exact) mass is 599 g/mol. The highest BCUT2D eigenvalue weighted by Crippen LogP contribution is 2.49. The third kappa shape index (κ3) is 4.66. The van der Waals surface area contributed by atoms with Gasteiger partial charge in [-0.2, -0.15) is 0 Å². The average molecular weight is 600 g/mol. The molecule has 2 fully saturated rings. The highest BCUT2D eigenvalue weighted by molar-refractivity contribution is 6.09. The van der Waals surface area contributed by atoms with Crippen LogP contribution in [0.15, 0.2) is 91.1 Å². The van der Waals surface area contributed by atoms with Crippen molar-refractivity contribution >= 4 is 27.5 Å². The van der Waals surface area contributed by atoms with Gasteiger partial charge in [0.1, 0.15) is 17.3 Å². The minimum atomic E-state index is -2.15. The second-order valence-electron chi connectivity index (χ2n) is 15.3. The molecule has 5 nitrogen and oxygen atoms in total. The molecule has 0 spiro atoms. The summed E-state index contributed by atoms with van der Waals surface area (Å²) in [5.74, 6) is 3.00. The zero-order valence-corrected chi connectivity index (χ0v) is 27.1. The van der Waals surface area contributed by atoms with E-state index in [1.165, 1.54) is 10.9 Å². The van der Waals surface area contributed by atoms with Gasteiger partial charge in [-0.05, 0) is 89.7 Å². The minimum Gasteiger partial charge on any atom is -0.457 e. The molecule has 0 amide bonds. The van der Waals surface area contributed by atoms with E-state index in [0.29, 0.717) is 12.6 Å². The number of fused-ring (bicyclic) bond motifs is 8. The summed E-state index contributed by atoms with van der Waals surface area (Å²) in [5, 5.41) is 2.31. The van der Waals surface area contributed by atoms with Crippen molar-refractivity contribution in [2.75, 3.05) is 18.5 Å². The van der Waals surface area contributed by atoms with Gasteiger partial charge in [-0.25, -0.2) is 4.98 Å². The van der Waals surface area contributed by atoms with Crippen LogP contribution >= 0.6 is 0 Å². The van der Waals surface area contributed by atoms with Gasteiger partial charge in [0.2, 0.25) is 0 Å². The van der Waals surface area contributed by atoms with Crippen LogP contribution in [0.2, 0.25) is 0 Å². The fourth-order valence-corrected chi connectivity index (χ4v) is 7.85. The van der Waals surface area contributed by atoms with Crippen LogP contribution in [0.5, 0.6) is 11.5 Å². The van der Waals surface area contributed by atoms with Crippen molar-refractivity contribution in [2.45, 2.75) is 70.9 Å². The second-order valence-corrected chi connectivity index (χ2v) is 15.3. The highest BCUT2D eigenvalue weighted by atomic mass is 16.5. The van der Waals surface area contributed by atoms with Gasteiger partial charge < -0.3 is 9.64 Å². The van der Waals surface area contributed by atoms with E-state index in [-0.39, 0.29) is 28.8 Å². The van der Waals surface area contributed by atoms with Crippen molar-refractivity contribution in [1.82, 2.24) is 14.5 Å². The smallest absolute Gasteiger partial charge is 0.137 e. The van der Waals surface area contributed by atoms with E-state index in [1.807, 2.05) is 12.3 Å². The number of para-hydroxylation sites is 1. The largest absolute Gasteiger partial charge is 0.457 e. The first kappa shape index (κ1) is 25.1. The van der Waals surface area contributed by atoms with Crippen molar-refractivity contribution < 1.29 is 8.85 Å². The SMILES string of the molecule is [2H]C([2H])([2H])N1CN(c2cc(Oc3ccc4c5ccccc5n(-c5cc(C(C)(C)C)ccn5)c4c3)cc(C(C)(C)C)c2)C2C3C=CC(C3)C21. The summed E-state index contributed by atoms with van der Waals surface area (Å²) in [5.41, 5.74) is 5.38. The Labute approximate surface area is 271 Å². The molecule has 0 radical (unpaired) electrons. The van der Waals surface area contributed by atoms with E-state index in [9.17, 15) is 0 Å². The molecule has 4 unspecified atom stereocenters. The van der Waals surface area contributed by atoms with Gasteiger partial charge in [-0.3, -0.25) is 9.47 Å². The average Bonchev–Trinajstić information content (AvgIpc) is 3.80. The number of aromatic nitrogens is 2. The van der Waals surface area contributed by atoms with Crippen LogP contribution in [0.25, 0.3) is 27.6 Å². The van der Waals surface area contributed by atoms with Crippen molar-refractivity contribution in [3.63, 3.8) is 0 Å². The maximum absolute atomic E-state index is 8.35. The maximum Gasteiger partial charge on any atom is 0.137 e. The predicted octanol–water partition coefficient (Wildman–Crippen LogP) is 9.22. The number of pyridine rings is 1. The Morgan fingerprint density at radius 2 is 1.51 bits per heavy atom. The highest BCUT2D eigenvalue weighted by Gasteiger charge is 2.53. The summed E-state index contributed by atoms with van der Waals surface area (Å²) in [6.07, 6.45) is 7.45. The molecule has 1 saturated carbocycles. The maximum atomic E-state index is 8.35. The molecule has 5 aromatic rings. The molecule has 5 heteroatoms. The van der Waals surface area contributed by atoms with Gasteiger partial charge in [-0.1, -0.05) is 71.9 Å². The summed E-state index contributed by atoms with van der Waals surface area (Å²) >= 11 is 0. The third-order valence-electron chi connectivity index (χ3n) is 10.2. The Bertz CT molecular complexity index is 2080. The number of rotatable bonds is 4. The third-order valence-corrected chi connectivity index (χ3v) is 10.2. The molecular formula is C40H44N4O. The fraction of sp³-hybridized carbons (Fsp3) is 0.375. The second kappa shape index (κ2) is 9.95. The number of nitrogens with zero attached hydrogens (tertiary/aromatic N) is 4. The molecule has 3 aromatic carbocycles. The first-order valence-corrected chi connectivity index (χ1v) is 16.2. The van der Waals surface area contributed by atoms with Gasteiger partial charge in [0.15, 0.2) is 0 Å². The van der Waals surface area contributed by atoms with Crippen LogP contribution in [0.4, 0.5) is 5.69 Å². The van der Waals surface area contributed by atoms with Crippen LogP contribution in [0.3, 0.4) is 0 Å². The Morgan fingerprint density at radius 1 is 0.756 bits per heavy atom. The van der Waals surface area contributed by atoms with Crippen molar-refractivity contribution in [2.24, 2.45) is 11.8 Å². The molecule has 3 aliphatic rings. The number of benzene rings is 3. The number of ether oxygens (including phenoxy) is 1. The van der Waals surface area contributed by atoms with Crippen molar-refractivity contribution in [3.8, 4) is 17.3 Å². The first-order chi connectivity index (χ1) is 22.7. The van der Waals surface area contributed by atoms with Gasteiger partial charge in [0.25, 0.3) is 0 Å². The predicted molar refractivity (Wildman–Crippen MR) is 186 cm³/mol. The van der Waals surface area contributed by atoms with Crippen molar-refractivity contribution in [1.29, 1.82) is 0 Å². The van der Waals surface area contributed by atoms with E-state index >= 15 is 0 Å². The van der Waals surface area contributed by atoms with Crippen LogP contribution in [-0.4, -0.2) is 40.2 Å². The molecule has 3 heterocycles. The summed E-state index contributed by atoms with van der Waals surface area (Å²) in [7, 11) is 0. The van der Waals surface area contributed by atoms with E-state index in [4.69, 9.17) is 13.8 Å². The quantitative estimate of drug-likeness (QED) is 0.193. The zero-order valence-electron chi connectivity index (χ0n) is 30.1. The minimum absolute atomic E-state index is 0.00921. The summed E-state index contributed by atoms with van der Waals surface area (Å²) < 4.78 is 34.0. The van der Waals surface area contributed by atoms with Crippen LogP contribution in [0, 0.1) is 11.8 Å². The molecule has 0 N–H and O–H groups in total. The molecule has 1 saturated heterocycles. The Kier molecular flexibility index (Phi) is 5.56. The van der Waals surface area contributed by atoms with Crippen LogP contribution in [0.1, 0.15) is 63.2 Å². The molecule has 1 aliphatic heterocycles. The Morgan fingerprint density at radius 3 is 2.29 bits per heavy atom. The summed E-state index contributed by atoms with van der Waals surface area (Å²) in [6.45, 7) is 11.5. The number of hydrogen-bond donors (Lipinski definition) is 0.